The van der Waals surface area contributed by atoms with Crippen LogP contribution in [0.1, 0.15) is 11.1 Å². The third-order valence-electron chi connectivity index (χ3n) is 3.39. The summed E-state index contributed by atoms with van der Waals surface area (Å²) in [6, 6.07) is 11.4. The molecule has 1 unspecified atom stereocenters. The SMILES string of the molecule is CO/C(=N\S(=O)(=O)C(Oc1ccc(C)cc1[N+](=O)[O-])[N+](=O)[O-])c1ccccc1. The van der Waals surface area contributed by atoms with Crippen LogP contribution in [-0.2, 0) is 14.8 Å². The highest BCUT2D eigenvalue weighted by atomic mass is 32.2. The van der Waals surface area contributed by atoms with Gasteiger partial charge in [0.1, 0.15) is 0 Å². The summed E-state index contributed by atoms with van der Waals surface area (Å²) in [5.41, 5.74) is -2.57. The second-order valence-electron chi connectivity index (χ2n) is 5.42. The number of nitrogens with zero attached hydrogens (tertiary/aromatic N) is 3. The van der Waals surface area contributed by atoms with Gasteiger partial charge in [-0.15, -0.1) is 4.40 Å². The van der Waals surface area contributed by atoms with Gasteiger partial charge in [-0.3, -0.25) is 20.2 Å². The minimum atomic E-state index is -4.91. The Balaban J connectivity index is 2.47. The maximum atomic E-state index is 12.5. The third-order valence-corrected chi connectivity index (χ3v) is 4.59. The average Bonchev–Trinajstić information content (AvgIpc) is 2.65. The summed E-state index contributed by atoms with van der Waals surface area (Å²) in [7, 11) is -3.77. The predicted molar refractivity (Wildman–Crippen MR) is 98.2 cm³/mol. The number of rotatable bonds is 7. The van der Waals surface area contributed by atoms with Gasteiger partial charge in [0.25, 0.3) is 0 Å². The third kappa shape index (κ3) is 4.79. The zero-order valence-corrected chi connectivity index (χ0v) is 15.5. The van der Waals surface area contributed by atoms with Gasteiger partial charge in [-0.2, -0.15) is 8.42 Å². The van der Waals surface area contributed by atoms with E-state index in [1.54, 1.807) is 25.1 Å². The number of aryl methyl sites for hydroxylation is 1. The molecular formula is C16H15N3O8S. The van der Waals surface area contributed by atoms with Crippen LogP contribution in [0, 0.1) is 27.2 Å². The fourth-order valence-corrected chi connectivity index (χ4v) is 3.08. The van der Waals surface area contributed by atoms with Crippen molar-refractivity contribution in [2.75, 3.05) is 7.11 Å². The van der Waals surface area contributed by atoms with Crippen LogP contribution in [0.15, 0.2) is 52.9 Å². The summed E-state index contributed by atoms with van der Waals surface area (Å²) in [6.45, 7) is 1.56. The molecule has 28 heavy (non-hydrogen) atoms. The van der Waals surface area contributed by atoms with Crippen molar-refractivity contribution < 1.29 is 27.7 Å². The molecule has 0 spiro atoms. The van der Waals surface area contributed by atoms with Gasteiger partial charge in [-0.05, 0) is 30.7 Å². The first-order valence-electron chi connectivity index (χ1n) is 7.64. The van der Waals surface area contributed by atoms with Gasteiger partial charge in [0, 0.05) is 11.6 Å². The van der Waals surface area contributed by atoms with E-state index in [4.69, 9.17) is 9.47 Å². The number of hydrogen-bond acceptors (Lipinski definition) is 8. The number of nitro groups is 2. The van der Waals surface area contributed by atoms with Crippen molar-refractivity contribution in [3.8, 4) is 5.75 Å². The van der Waals surface area contributed by atoms with Crippen LogP contribution in [0.2, 0.25) is 0 Å². The van der Waals surface area contributed by atoms with E-state index in [1.165, 1.54) is 18.2 Å². The van der Waals surface area contributed by atoms with Crippen LogP contribution in [0.3, 0.4) is 0 Å². The first-order chi connectivity index (χ1) is 13.2. The largest absolute Gasteiger partial charge is 0.480 e. The van der Waals surface area contributed by atoms with Crippen LogP contribution in [0.4, 0.5) is 5.69 Å². The highest BCUT2D eigenvalue weighted by Crippen LogP contribution is 2.29. The molecule has 0 radical (unpaired) electrons. The maximum absolute atomic E-state index is 12.5. The highest BCUT2D eigenvalue weighted by molar-refractivity contribution is 7.90. The summed E-state index contributed by atoms with van der Waals surface area (Å²) in [5, 5.41) is 22.5. The van der Waals surface area contributed by atoms with E-state index in [0.29, 0.717) is 5.56 Å². The molecule has 148 valence electrons. The molecule has 2 aromatic carbocycles. The fourth-order valence-electron chi connectivity index (χ4n) is 2.14. The van der Waals surface area contributed by atoms with Crippen LogP contribution >= 0.6 is 0 Å². The number of benzene rings is 2. The Bertz CT molecular complexity index is 1020. The normalized spacial score (nSPS) is 12.9. The Morgan fingerprint density at radius 1 is 1.11 bits per heavy atom. The van der Waals surface area contributed by atoms with Crippen molar-refractivity contribution >= 4 is 21.6 Å². The van der Waals surface area contributed by atoms with Gasteiger partial charge in [-0.25, -0.2) is 0 Å². The molecule has 0 fully saturated rings. The lowest BCUT2D eigenvalue weighted by molar-refractivity contribution is -0.534. The van der Waals surface area contributed by atoms with Crippen molar-refractivity contribution in [1.82, 2.24) is 0 Å². The number of nitro benzene ring substituents is 1. The molecule has 0 N–H and O–H groups in total. The number of ether oxygens (including phenoxy) is 2. The van der Waals surface area contributed by atoms with E-state index in [1.807, 2.05) is 0 Å². The molecule has 0 heterocycles. The lowest BCUT2D eigenvalue weighted by Gasteiger charge is -2.11. The van der Waals surface area contributed by atoms with Gasteiger partial charge < -0.3 is 9.47 Å². The van der Waals surface area contributed by atoms with Gasteiger partial charge in [0.05, 0.1) is 17.0 Å². The maximum Gasteiger partial charge on any atom is 0.476 e. The topological polar surface area (TPSA) is 151 Å². The van der Waals surface area contributed by atoms with E-state index in [9.17, 15) is 28.6 Å². The Hall–Kier alpha value is -3.54. The van der Waals surface area contributed by atoms with Crippen molar-refractivity contribution in [3.05, 3.63) is 79.9 Å². The van der Waals surface area contributed by atoms with Crippen LogP contribution in [-0.4, -0.2) is 36.8 Å². The van der Waals surface area contributed by atoms with Crippen molar-refractivity contribution in [2.24, 2.45) is 4.40 Å². The van der Waals surface area contributed by atoms with E-state index in [-0.39, 0.29) is 5.56 Å². The minimum absolute atomic E-state index is 0.261. The quantitative estimate of drug-likeness (QED) is 0.222. The summed E-state index contributed by atoms with van der Waals surface area (Å²) in [4.78, 5) is 20.4. The van der Waals surface area contributed by atoms with Crippen LogP contribution < -0.4 is 4.74 Å². The lowest BCUT2D eigenvalue weighted by atomic mass is 10.2. The molecule has 0 bridgehead atoms. The molecule has 12 heteroatoms. The Morgan fingerprint density at radius 3 is 2.29 bits per heavy atom. The van der Waals surface area contributed by atoms with E-state index < -0.39 is 42.8 Å². The summed E-state index contributed by atoms with van der Waals surface area (Å²) in [5.74, 6) is -0.968. The fraction of sp³-hybridized carbons (Fsp3) is 0.188. The highest BCUT2D eigenvalue weighted by Gasteiger charge is 2.41. The summed E-state index contributed by atoms with van der Waals surface area (Å²) in [6.07, 6.45) is 0. The molecule has 1 atom stereocenters. The smallest absolute Gasteiger partial charge is 0.476 e. The Kier molecular flexibility index (Phi) is 6.26. The van der Waals surface area contributed by atoms with Crippen molar-refractivity contribution in [1.29, 1.82) is 0 Å². The van der Waals surface area contributed by atoms with Crippen molar-refractivity contribution in [3.63, 3.8) is 0 Å². The summed E-state index contributed by atoms with van der Waals surface area (Å²) < 4.78 is 38.1. The van der Waals surface area contributed by atoms with Crippen molar-refractivity contribution in [2.45, 2.75) is 12.5 Å². The molecule has 0 saturated heterocycles. The molecule has 0 saturated carbocycles. The average molecular weight is 409 g/mol. The molecule has 2 rings (SSSR count). The first kappa shape index (κ1) is 20.8. The second kappa shape index (κ2) is 8.43. The molecule has 11 nitrogen and oxygen atoms in total. The molecule has 0 aliphatic carbocycles. The van der Waals surface area contributed by atoms with Gasteiger partial charge in [-0.1, -0.05) is 24.3 Å². The molecule has 0 amide bonds. The Labute approximate surface area is 159 Å². The summed E-state index contributed by atoms with van der Waals surface area (Å²) >= 11 is 0. The van der Waals surface area contributed by atoms with E-state index >= 15 is 0 Å². The number of sulfonamides is 1. The zero-order valence-electron chi connectivity index (χ0n) is 14.7. The molecule has 0 aliphatic heterocycles. The number of hydrogen-bond donors (Lipinski definition) is 0. The van der Waals surface area contributed by atoms with Crippen LogP contribution in [0.25, 0.3) is 0 Å². The Morgan fingerprint density at radius 2 is 1.75 bits per heavy atom. The standard InChI is InChI=1S/C16H15N3O8S/c1-11-8-9-14(13(10-11)18(20)21)27-16(19(22)23)28(24,25)17-15(26-2)12-6-4-3-5-7-12/h3-10,16H,1-2H3/b17-15-. The molecule has 0 aromatic heterocycles. The lowest BCUT2D eigenvalue weighted by Crippen LogP contribution is -2.35. The van der Waals surface area contributed by atoms with Crippen LogP contribution in [0.5, 0.6) is 5.75 Å². The molecule has 0 aliphatic rings. The molecular weight excluding hydrogens is 394 g/mol. The number of methoxy groups -OCH3 is 1. The molecule has 2 aromatic rings. The zero-order chi connectivity index (χ0) is 20.9. The van der Waals surface area contributed by atoms with Gasteiger partial charge in [0.2, 0.25) is 11.6 Å². The monoisotopic (exact) mass is 409 g/mol. The predicted octanol–water partition coefficient (Wildman–Crippen LogP) is 2.27. The van der Waals surface area contributed by atoms with Gasteiger partial charge >= 0.3 is 21.3 Å². The minimum Gasteiger partial charge on any atom is -0.480 e. The van der Waals surface area contributed by atoms with Gasteiger partial charge in [0.15, 0.2) is 0 Å². The van der Waals surface area contributed by atoms with E-state index in [2.05, 4.69) is 4.40 Å². The van der Waals surface area contributed by atoms with E-state index in [0.717, 1.165) is 19.2 Å². The second-order valence-corrected chi connectivity index (χ2v) is 7.04. The first-order valence-corrected chi connectivity index (χ1v) is 9.14.